The number of nitrogens with zero attached hydrogens (tertiary/aromatic N) is 4. The molecule has 29 heavy (non-hydrogen) atoms. The Labute approximate surface area is 172 Å². The predicted octanol–water partition coefficient (Wildman–Crippen LogP) is 0.800. The van der Waals surface area contributed by atoms with Gasteiger partial charge >= 0.3 is 0 Å². The maximum absolute atomic E-state index is 13.3. The smallest absolute Gasteiger partial charge is 0.263 e. The van der Waals surface area contributed by atoms with Gasteiger partial charge in [-0.2, -0.15) is 4.31 Å². The lowest BCUT2D eigenvalue weighted by atomic mass is 10.2. The van der Waals surface area contributed by atoms with Gasteiger partial charge < -0.3 is 9.64 Å². The van der Waals surface area contributed by atoms with Crippen molar-refractivity contribution in [1.29, 1.82) is 0 Å². The van der Waals surface area contributed by atoms with Crippen molar-refractivity contribution in [3.63, 3.8) is 0 Å². The van der Waals surface area contributed by atoms with Crippen molar-refractivity contribution in [3.05, 3.63) is 21.6 Å². The molecule has 11 heteroatoms. The molecule has 0 N–H and O–H groups in total. The van der Waals surface area contributed by atoms with Crippen LogP contribution in [0.15, 0.2) is 16.0 Å². The van der Waals surface area contributed by atoms with E-state index in [1.54, 1.807) is 11.8 Å². The number of morpholine rings is 1. The van der Waals surface area contributed by atoms with E-state index in [2.05, 4.69) is 4.98 Å². The van der Waals surface area contributed by atoms with Crippen molar-refractivity contribution in [1.82, 2.24) is 18.8 Å². The van der Waals surface area contributed by atoms with Gasteiger partial charge in [0.1, 0.15) is 16.3 Å². The number of thiophene rings is 1. The maximum Gasteiger partial charge on any atom is 0.263 e. The van der Waals surface area contributed by atoms with Gasteiger partial charge in [-0.15, -0.1) is 11.3 Å². The summed E-state index contributed by atoms with van der Waals surface area (Å²) >= 11 is 1.20. The van der Waals surface area contributed by atoms with E-state index in [4.69, 9.17) is 4.74 Å². The van der Waals surface area contributed by atoms with Gasteiger partial charge in [0.2, 0.25) is 15.9 Å². The van der Waals surface area contributed by atoms with Crippen LogP contribution in [0, 0.1) is 6.92 Å². The number of carbonyl (C=O) groups is 1. The van der Waals surface area contributed by atoms with Gasteiger partial charge in [-0.25, -0.2) is 13.4 Å². The van der Waals surface area contributed by atoms with Crippen LogP contribution in [-0.2, 0) is 26.1 Å². The minimum Gasteiger partial charge on any atom is -0.378 e. The van der Waals surface area contributed by atoms with Crippen LogP contribution in [0.5, 0.6) is 0 Å². The highest BCUT2D eigenvalue weighted by Gasteiger charge is 2.32. The van der Waals surface area contributed by atoms with Crippen molar-refractivity contribution >= 4 is 37.5 Å². The molecule has 2 aliphatic heterocycles. The number of piperidine rings is 1. The van der Waals surface area contributed by atoms with E-state index < -0.39 is 15.6 Å². The van der Waals surface area contributed by atoms with Crippen LogP contribution in [0.4, 0.5) is 0 Å². The van der Waals surface area contributed by atoms with E-state index in [9.17, 15) is 18.0 Å². The molecule has 9 nitrogen and oxygen atoms in total. The first-order valence-electron chi connectivity index (χ1n) is 9.74. The molecule has 0 radical (unpaired) electrons. The standard InChI is InChI=1S/C18H24N4O5S2/c1-13-16(29(25,26)22-5-3-2-4-6-22)15-17(28-13)19-12-21(18(15)24)11-14(23)20-7-9-27-10-8-20/h12H,2-11H2,1H3. The third kappa shape index (κ3) is 3.83. The summed E-state index contributed by atoms with van der Waals surface area (Å²) in [5.41, 5.74) is -0.489. The molecule has 2 aromatic heterocycles. The molecule has 0 bridgehead atoms. The van der Waals surface area contributed by atoms with Gasteiger partial charge in [0.05, 0.1) is 24.9 Å². The highest BCUT2D eigenvalue weighted by Crippen LogP contribution is 2.33. The average Bonchev–Trinajstić information content (AvgIpc) is 3.09. The summed E-state index contributed by atoms with van der Waals surface area (Å²) in [6.45, 7) is 4.36. The average molecular weight is 441 g/mol. The van der Waals surface area contributed by atoms with Crippen LogP contribution in [-0.4, -0.2) is 72.5 Å². The Morgan fingerprint density at radius 1 is 1.17 bits per heavy atom. The zero-order valence-electron chi connectivity index (χ0n) is 16.3. The molecule has 2 fully saturated rings. The Hall–Kier alpha value is -1.82. The summed E-state index contributed by atoms with van der Waals surface area (Å²) in [5, 5.41) is 0.0929. The van der Waals surface area contributed by atoms with E-state index >= 15 is 0 Å². The summed E-state index contributed by atoms with van der Waals surface area (Å²) in [6.07, 6.45) is 3.97. The molecular weight excluding hydrogens is 416 g/mol. The van der Waals surface area contributed by atoms with Crippen LogP contribution in [0.2, 0.25) is 0 Å². The molecule has 0 aromatic carbocycles. The van der Waals surface area contributed by atoms with Gasteiger partial charge in [0, 0.05) is 31.1 Å². The zero-order valence-corrected chi connectivity index (χ0v) is 17.9. The van der Waals surface area contributed by atoms with E-state index in [0.29, 0.717) is 49.1 Å². The van der Waals surface area contributed by atoms with Crippen molar-refractivity contribution in [3.8, 4) is 0 Å². The number of sulfonamides is 1. The minimum absolute atomic E-state index is 0.0464. The van der Waals surface area contributed by atoms with Crippen LogP contribution >= 0.6 is 11.3 Å². The first-order valence-corrected chi connectivity index (χ1v) is 12.0. The van der Waals surface area contributed by atoms with Crippen LogP contribution < -0.4 is 5.56 Å². The lowest BCUT2D eigenvalue weighted by Crippen LogP contribution is -2.43. The molecule has 158 valence electrons. The Morgan fingerprint density at radius 2 is 1.86 bits per heavy atom. The van der Waals surface area contributed by atoms with E-state index in [-0.39, 0.29) is 22.7 Å². The number of amides is 1. The van der Waals surface area contributed by atoms with Gasteiger partial charge in [-0.05, 0) is 19.8 Å². The third-order valence-corrected chi connectivity index (χ3v) is 8.60. The Morgan fingerprint density at radius 3 is 2.55 bits per heavy atom. The van der Waals surface area contributed by atoms with Gasteiger partial charge in [0.25, 0.3) is 5.56 Å². The van der Waals surface area contributed by atoms with Crippen LogP contribution in [0.3, 0.4) is 0 Å². The van der Waals surface area contributed by atoms with Gasteiger partial charge in [0.15, 0.2) is 0 Å². The normalized spacial score (nSPS) is 19.0. The molecule has 2 aromatic rings. The Bertz CT molecular complexity index is 1080. The van der Waals surface area contributed by atoms with Crippen LogP contribution in [0.25, 0.3) is 10.2 Å². The molecule has 0 aliphatic carbocycles. The summed E-state index contributed by atoms with van der Waals surface area (Å²) < 4.78 is 34.5. The molecule has 0 saturated carbocycles. The monoisotopic (exact) mass is 440 g/mol. The number of carbonyl (C=O) groups excluding carboxylic acids is 1. The lowest BCUT2D eigenvalue weighted by molar-refractivity contribution is -0.135. The maximum atomic E-state index is 13.3. The molecule has 4 heterocycles. The van der Waals surface area contributed by atoms with Gasteiger partial charge in [-0.3, -0.25) is 14.2 Å². The summed E-state index contributed by atoms with van der Waals surface area (Å²) in [4.78, 5) is 32.6. The highest BCUT2D eigenvalue weighted by atomic mass is 32.2. The van der Waals surface area contributed by atoms with Crippen molar-refractivity contribution in [2.75, 3.05) is 39.4 Å². The number of aryl methyl sites for hydroxylation is 1. The van der Waals surface area contributed by atoms with Gasteiger partial charge in [-0.1, -0.05) is 6.42 Å². The van der Waals surface area contributed by atoms with Crippen LogP contribution in [0.1, 0.15) is 24.1 Å². The lowest BCUT2D eigenvalue weighted by Gasteiger charge is -2.27. The quantitative estimate of drug-likeness (QED) is 0.697. The molecule has 1 amide bonds. The molecule has 2 aliphatic rings. The predicted molar refractivity (Wildman–Crippen MR) is 109 cm³/mol. The molecular formula is C18H24N4O5S2. The fraction of sp³-hybridized carbons (Fsp3) is 0.611. The summed E-state index contributed by atoms with van der Waals surface area (Å²) in [7, 11) is -3.79. The van der Waals surface area contributed by atoms with Crippen molar-refractivity contribution < 1.29 is 17.9 Å². The fourth-order valence-electron chi connectivity index (χ4n) is 3.83. The number of ether oxygens (including phenoxy) is 1. The molecule has 0 unspecified atom stereocenters. The fourth-order valence-corrected chi connectivity index (χ4v) is 7.01. The number of aromatic nitrogens is 2. The second-order valence-corrected chi connectivity index (χ2v) is 10.4. The SMILES string of the molecule is Cc1sc2ncn(CC(=O)N3CCOCC3)c(=O)c2c1S(=O)(=O)N1CCCCC1. The summed E-state index contributed by atoms with van der Waals surface area (Å²) in [6, 6.07) is 0. The van der Waals surface area contributed by atoms with E-state index in [0.717, 1.165) is 19.3 Å². The van der Waals surface area contributed by atoms with Crippen molar-refractivity contribution in [2.24, 2.45) is 0 Å². The second kappa shape index (κ2) is 8.13. The second-order valence-electron chi connectivity index (χ2n) is 7.30. The minimum atomic E-state index is -3.79. The molecule has 2 saturated heterocycles. The number of hydrogen-bond donors (Lipinski definition) is 0. The third-order valence-electron chi connectivity index (χ3n) is 5.38. The largest absolute Gasteiger partial charge is 0.378 e. The van der Waals surface area contributed by atoms with E-state index in [1.165, 1.54) is 26.5 Å². The van der Waals surface area contributed by atoms with Crippen molar-refractivity contribution in [2.45, 2.75) is 37.6 Å². The highest BCUT2D eigenvalue weighted by molar-refractivity contribution is 7.89. The molecule has 0 atom stereocenters. The first kappa shape index (κ1) is 20.5. The Kier molecular flexibility index (Phi) is 5.74. The first-order chi connectivity index (χ1) is 13.9. The molecule has 0 spiro atoms. The topological polar surface area (TPSA) is 102 Å². The molecule has 4 rings (SSSR count). The number of rotatable bonds is 4. The number of hydrogen-bond acceptors (Lipinski definition) is 7. The Balaban J connectivity index is 1.73. The van der Waals surface area contributed by atoms with E-state index in [1.807, 2.05) is 0 Å². The summed E-state index contributed by atoms with van der Waals surface area (Å²) in [5.74, 6) is -0.205. The number of fused-ring (bicyclic) bond motifs is 1. The zero-order chi connectivity index (χ0) is 20.6.